The van der Waals surface area contributed by atoms with E-state index in [0.717, 1.165) is 77.2 Å². The summed E-state index contributed by atoms with van der Waals surface area (Å²) in [7, 11) is 0. The fourth-order valence-electron chi connectivity index (χ4n) is 11.1. The third-order valence-corrected chi connectivity index (χ3v) is 16.6. The van der Waals surface area contributed by atoms with Crippen LogP contribution in [0.3, 0.4) is 0 Å². The van der Waals surface area contributed by atoms with Gasteiger partial charge in [-0.2, -0.15) is 5.26 Å². The van der Waals surface area contributed by atoms with Gasteiger partial charge in [0, 0.05) is 74.7 Å². The predicted octanol–water partition coefficient (Wildman–Crippen LogP) is 17.3. The van der Waals surface area contributed by atoms with Crippen LogP contribution >= 0.6 is 22.7 Å². The zero-order chi connectivity index (χ0) is 47.4. The third kappa shape index (κ3) is 5.96. The van der Waals surface area contributed by atoms with Crippen LogP contribution in [0.15, 0.2) is 218 Å². The summed E-state index contributed by atoms with van der Waals surface area (Å²) in [5, 5.41) is 21.3. The van der Waals surface area contributed by atoms with Crippen molar-refractivity contribution in [1.82, 2.24) is 24.1 Å². The van der Waals surface area contributed by atoms with Gasteiger partial charge in [0.2, 0.25) is 0 Å². The van der Waals surface area contributed by atoms with Crippen LogP contribution in [0.2, 0.25) is 0 Å². The molecule has 5 heterocycles. The van der Waals surface area contributed by atoms with Gasteiger partial charge in [0.05, 0.1) is 48.4 Å². The maximum atomic E-state index is 12.0. The van der Waals surface area contributed by atoms with Gasteiger partial charge in [-0.1, -0.05) is 188 Å². The third-order valence-electron chi connectivity index (χ3n) is 14.2. The number of fused-ring (bicyclic) bond motifs is 14. The minimum atomic E-state index is 0.460. The van der Waals surface area contributed by atoms with Crippen LogP contribution in [0, 0.1) is 11.3 Å². The van der Waals surface area contributed by atoms with Gasteiger partial charge >= 0.3 is 0 Å². The molecule has 0 radical (unpaired) electrons. The van der Waals surface area contributed by atoms with Crippen molar-refractivity contribution in [1.29, 1.82) is 5.26 Å². The van der Waals surface area contributed by atoms with Gasteiger partial charge in [0.25, 0.3) is 0 Å². The number of para-hydroxylation sites is 2. The lowest BCUT2D eigenvalue weighted by Crippen LogP contribution is -2.10. The normalized spacial score (nSPS) is 11.9. The van der Waals surface area contributed by atoms with Crippen LogP contribution in [0.4, 0.5) is 0 Å². The monoisotopic (exact) mass is 952 g/mol. The van der Waals surface area contributed by atoms with Gasteiger partial charge < -0.3 is 9.13 Å². The highest BCUT2D eigenvalue weighted by Gasteiger charge is 2.31. The molecule has 8 heteroatoms. The first-order valence-corrected chi connectivity index (χ1v) is 25.5. The SMILES string of the molecule is N#Cc1cc(-c2nc(-c3ccccc3)nc(-c3ccccc3)n2)c(-n2c3ccccc3c3ccc4c5ccccc5sc4c32)c(-c2ccccc2)c1-n1c2ccccc2c2ccc3c4ccccc4sc3c21. The molecule has 0 unspecified atom stereocenters. The van der Waals surface area contributed by atoms with Gasteiger partial charge in [-0.25, -0.2) is 15.0 Å². The van der Waals surface area contributed by atoms with Crippen molar-refractivity contribution in [3.63, 3.8) is 0 Å². The van der Waals surface area contributed by atoms with Crippen LogP contribution in [-0.2, 0) is 0 Å². The van der Waals surface area contributed by atoms with E-state index < -0.39 is 0 Å². The molecule has 0 bridgehead atoms. The van der Waals surface area contributed by atoms with E-state index in [-0.39, 0.29) is 0 Å². The second-order valence-corrected chi connectivity index (χ2v) is 20.2. The Morgan fingerprint density at radius 2 is 0.764 bits per heavy atom. The van der Waals surface area contributed by atoms with Gasteiger partial charge in [-0.05, 0) is 35.9 Å². The zero-order valence-corrected chi connectivity index (χ0v) is 39.9. The molecule has 15 rings (SSSR count). The van der Waals surface area contributed by atoms with Crippen molar-refractivity contribution < 1.29 is 0 Å². The largest absolute Gasteiger partial charge is 0.306 e. The van der Waals surface area contributed by atoms with Gasteiger partial charge in [0.1, 0.15) is 6.07 Å². The lowest BCUT2D eigenvalue weighted by atomic mass is 9.93. The minimum Gasteiger partial charge on any atom is -0.306 e. The highest BCUT2D eigenvalue weighted by molar-refractivity contribution is 7.27. The highest BCUT2D eigenvalue weighted by Crippen LogP contribution is 2.51. The maximum absolute atomic E-state index is 12.0. The van der Waals surface area contributed by atoms with E-state index in [4.69, 9.17) is 15.0 Å². The van der Waals surface area contributed by atoms with Gasteiger partial charge in [-0.3, -0.25) is 0 Å². The Morgan fingerprint density at radius 3 is 1.26 bits per heavy atom. The first kappa shape index (κ1) is 40.6. The molecule has 0 fully saturated rings. The summed E-state index contributed by atoms with van der Waals surface area (Å²) in [5.41, 5.74) is 10.6. The molecule has 5 aromatic heterocycles. The molecule has 0 aliphatic heterocycles. The van der Waals surface area contributed by atoms with E-state index in [1.54, 1.807) is 11.3 Å². The second-order valence-electron chi connectivity index (χ2n) is 18.1. The summed E-state index contributed by atoms with van der Waals surface area (Å²) in [5.74, 6) is 1.54. The summed E-state index contributed by atoms with van der Waals surface area (Å²) in [4.78, 5) is 16.1. The van der Waals surface area contributed by atoms with Crippen LogP contribution < -0.4 is 0 Å². The fraction of sp³-hybridized carbons (Fsp3) is 0. The van der Waals surface area contributed by atoms with Gasteiger partial charge in [0.15, 0.2) is 17.5 Å². The standard InChI is InChI=1S/C64H36N6S2/c65-37-41-36-50(64-67-62(39-20-6-2-7-21-39)66-63(68-64)40-22-8-3-9-23-40)57(70-52-29-15-11-25-43(52)47-33-35-49-45-27-13-17-31-54(45)72-61(49)59(47)70)55(38-18-4-1-5-19-38)56(41)69-51-28-14-10-24-42(51)46-32-34-48-44-26-12-16-30-53(44)71-60(48)58(46)69/h1-36H. The topological polar surface area (TPSA) is 72.3 Å². The number of hydrogen-bond donors (Lipinski definition) is 0. The van der Waals surface area contributed by atoms with Crippen molar-refractivity contribution >= 4 is 107 Å². The van der Waals surface area contributed by atoms with Crippen LogP contribution in [0.1, 0.15) is 5.56 Å². The van der Waals surface area contributed by atoms with Crippen molar-refractivity contribution in [2.24, 2.45) is 0 Å². The van der Waals surface area contributed by atoms with E-state index in [0.29, 0.717) is 28.6 Å². The first-order valence-electron chi connectivity index (χ1n) is 23.9. The van der Waals surface area contributed by atoms with Crippen molar-refractivity contribution in [2.75, 3.05) is 0 Å². The van der Waals surface area contributed by atoms with Crippen molar-refractivity contribution in [3.05, 3.63) is 224 Å². The second kappa shape index (κ2) is 15.9. The van der Waals surface area contributed by atoms with E-state index in [2.05, 4.69) is 167 Å². The molecule has 0 saturated heterocycles. The average molecular weight is 953 g/mol. The Balaban J connectivity index is 1.20. The molecular weight excluding hydrogens is 917 g/mol. The number of benzene rings is 10. The molecule has 0 spiro atoms. The molecular formula is C64H36N6S2. The Hall–Kier alpha value is -9.26. The van der Waals surface area contributed by atoms with E-state index in [1.165, 1.54) is 40.3 Å². The van der Waals surface area contributed by atoms with E-state index in [9.17, 15) is 5.26 Å². The van der Waals surface area contributed by atoms with Crippen LogP contribution in [-0.4, -0.2) is 24.1 Å². The van der Waals surface area contributed by atoms with Crippen LogP contribution in [0.25, 0.3) is 141 Å². The average Bonchev–Trinajstić information content (AvgIpc) is 4.21. The van der Waals surface area contributed by atoms with E-state index in [1.807, 2.05) is 78.1 Å². The summed E-state index contributed by atoms with van der Waals surface area (Å²) < 4.78 is 9.62. The summed E-state index contributed by atoms with van der Waals surface area (Å²) >= 11 is 3.62. The lowest BCUT2D eigenvalue weighted by Gasteiger charge is -2.24. The number of rotatable bonds is 6. The summed E-state index contributed by atoms with van der Waals surface area (Å²) in [6.45, 7) is 0. The Morgan fingerprint density at radius 1 is 0.361 bits per heavy atom. The maximum Gasteiger partial charge on any atom is 0.166 e. The number of nitrogens with zero attached hydrogens (tertiary/aromatic N) is 6. The Labute approximate surface area is 420 Å². The smallest absolute Gasteiger partial charge is 0.166 e. The molecule has 0 amide bonds. The number of aromatic nitrogens is 5. The molecule has 72 heavy (non-hydrogen) atoms. The molecule has 6 nitrogen and oxygen atoms in total. The molecule has 334 valence electrons. The Kier molecular flexibility index (Phi) is 8.96. The summed E-state index contributed by atoms with van der Waals surface area (Å²) in [6.07, 6.45) is 0. The minimum absolute atomic E-state index is 0.460. The molecule has 0 aliphatic carbocycles. The van der Waals surface area contributed by atoms with Gasteiger partial charge in [-0.15, -0.1) is 22.7 Å². The number of nitriles is 1. The van der Waals surface area contributed by atoms with Crippen molar-refractivity contribution in [3.8, 4) is 62.7 Å². The van der Waals surface area contributed by atoms with Crippen LogP contribution in [0.5, 0.6) is 0 Å². The lowest BCUT2D eigenvalue weighted by molar-refractivity contribution is 1.06. The Bertz CT molecular complexity index is 4690. The number of hydrogen-bond acceptors (Lipinski definition) is 6. The molecule has 0 saturated carbocycles. The number of thiophene rings is 2. The molecule has 0 aliphatic rings. The van der Waals surface area contributed by atoms with E-state index >= 15 is 0 Å². The zero-order valence-electron chi connectivity index (χ0n) is 38.3. The van der Waals surface area contributed by atoms with Crippen molar-refractivity contribution in [2.45, 2.75) is 0 Å². The predicted molar refractivity (Wildman–Crippen MR) is 301 cm³/mol. The molecule has 0 N–H and O–H groups in total. The molecule has 10 aromatic carbocycles. The molecule has 0 atom stereocenters. The first-order chi connectivity index (χ1) is 35.7. The summed E-state index contributed by atoms with van der Waals surface area (Å²) in [6, 6.07) is 79.5. The fourth-order valence-corrected chi connectivity index (χ4v) is 13.6. The molecule has 15 aromatic rings. The quantitative estimate of drug-likeness (QED) is 0.166. The highest BCUT2D eigenvalue weighted by atomic mass is 32.1.